The zero-order valence-corrected chi connectivity index (χ0v) is 15.8. The lowest BCUT2D eigenvalue weighted by Crippen LogP contribution is -3.14. The third-order valence-corrected chi connectivity index (χ3v) is 4.86. The lowest BCUT2D eigenvalue weighted by Gasteiger charge is -2.23. The van der Waals surface area contributed by atoms with Crippen molar-refractivity contribution in [3.63, 3.8) is 0 Å². The standard InChI is InChI=1S/C19H24ClN3O3/c1-2-26-19(24)15-13-22-18-14(5-3-6-16(18)20)17(15)21-7-4-8-23-9-11-25-12-10-23/h3,5-6,13H,2,4,7-12H2,1H3,(H,21,22)/p+1. The van der Waals surface area contributed by atoms with E-state index in [1.54, 1.807) is 24.1 Å². The number of hydrogen-bond acceptors (Lipinski definition) is 5. The molecule has 2 aromatic rings. The van der Waals surface area contributed by atoms with Crippen LogP contribution in [0.2, 0.25) is 5.02 Å². The summed E-state index contributed by atoms with van der Waals surface area (Å²) in [4.78, 5) is 18.2. The first kappa shape index (κ1) is 18.9. The van der Waals surface area contributed by atoms with Gasteiger partial charge in [0.2, 0.25) is 0 Å². The number of esters is 1. The highest BCUT2D eigenvalue weighted by atomic mass is 35.5. The fourth-order valence-corrected chi connectivity index (χ4v) is 3.43. The molecule has 0 unspecified atom stereocenters. The minimum Gasteiger partial charge on any atom is -0.462 e. The largest absolute Gasteiger partial charge is 0.462 e. The van der Waals surface area contributed by atoms with E-state index >= 15 is 0 Å². The smallest absolute Gasteiger partial charge is 0.341 e. The number of para-hydroxylation sites is 1. The summed E-state index contributed by atoms with van der Waals surface area (Å²) in [5, 5.41) is 4.82. The third-order valence-electron chi connectivity index (χ3n) is 4.55. The summed E-state index contributed by atoms with van der Waals surface area (Å²) >= 11 is 6.26. The first-order valence-corrected chi connectivity index (χ1v) is 9.48. The number of hydrogen-bond donors (Lipinski definition) is 2. The van der Waals surface area contributed by atoms with Crippen LogP contribution in [0.15, 0.2) is 24.4 Å². The second-order valence-corrected chi connectivity index (χ2v) is 6.70. The van der Waals surface area contributed by atoms with Crippen LogP contribution < -0.4 is 10.2 Å². The molecule has 1 aromatic carbocycles. The number of carbonyl (C=O) groups is 1. The number of pyridine rings is 1. The molecule has 0 saturated carbocycles. The van der Waals surface area contributed by atoms with Gasteiger partial charge in [-0.05, 0) is 13.0 Å². The molecule has 0 amide bonds. The van der Waals surface area contributed by atoms with Gasteiger partial charge in [0.1, 0.15) is 18.7 Å². The molecule has 2 heterocycles. The normalized spacial score (nSPS) is 15.2. The van der Waals surface area contributed by atoms with E-state index in [1.165, 1.54) is 0 Å². The van der Waals surface area contributed by atoms with Crippen LogP contribution in [0.5, 0.6) is 0 Å². The molecule has 140 valence electrons. The number of fused-ring (bicyclic) bond motifs is 1. The molecule has 2 N–H and O–H groups in total. The molecule has 1 saturated heterocycles. The molecule has 1 aliphatic heterocycles. The summed E-state index contributed by atoms with van der Waals surface area (Å²) < 4.78 is 10.6. The van der Waals surface area contributed by atoms with Crippen molar-refractivity contribution in [2.24, 2.45) is 0 Å². The summed E-state index contributed by atoms with van der Waals surface area (Å²) in [6.07, 6.45) is 2.55. The molecule has 0 spiro atoms. The summed E-state index contributed by atoms with van der Waals surface area (Å²) in [6, 6.07) is 5.59. The molecule has 0 aliphatic carbocycles. The van der Waals surface area contributed by atoms with Crippen molar-refractivity contribution in [3.8, 4) is 0 Å². The highest BCUT2D eigenvalue weighted by molar-refractivity contribution is 6.35. The van der Waals surface area contributed by atoms with Crippen molar-refractivity contribution in [1.29, 1.82) is 0 Å². The molecule has 7 heteroatoms. The number of ether oxygens (including phenoxy) is 2. The predicted molar refractivity (Wildman–Crippen MR) is 102 cm³/mol. The molecule has 1 aromatic heterocycles. The summed E-state index contributed by atoms with van der Waals surface area (Å²) in [7, 11) is 0. The highest BCUT2D eigenvalue weighted by Crippen LogP contribution is 2.30. The fraction of sp³-hybridized carbons (Fsp3) is 0.474. The molecule has 6 nitrogen and oxygen atoms in total. The maximum atomic E-state index is 12.3. The first-order valence-electron chi connectivity index (χ1n) is 9.10. The number of benzene rings is 1. The van der Waals surface area contributed by atoms with Crippen LogP contribution >= 0.6 is 11.6 Å². The quantitative estimate of drug-likeness (QED) is 0.568. The van der Waals surface area contributed by atoms with E-state index in [0.29, 0.717) is 22.7 Å². The van der Waals surface area contributed by atoms with Crippen LogP contribution in [0, 0.1) is 0 Å². The number of carbonyl (C=O) groups excluding carboxylic acids is 1. The lowest BCUT2D eigenvalue weighted by molar-refractivity contribution is -0.908. The van der Waals surface area contributed by atoms with Crippen LogP contribution in [-0.2, 0) is 9.47 Å². The number of anilines is 1. The molecule has 3 rings (SSSR count). The summed E-state index contributed by atoms with van der Waals surface area (Å²) in [5.41, 5.74) is 1.87. The van der Waals surface area contributed by atoms with Gasteiger partial charge in [-0.15, -0.1) is 0 Å². The average molecular weight is 379 g/mol. The van der Waals surface area contributed by atoms with Crippen LogP contribution in [0.1, 0.15) is 23.7 Å². The second-order valence-electron chi connectivity index (χ2n) is 6.30. The molecule has 0 atom stereocenters. The highest BCUT2D eigenvalue weighted by Gasteiger charge is 2.18. The molecular weight excluding hydrogens is 354 g/mol. The van der Waals surface area contributed by atoms with Crippen molar-refractivity contribution in [2.45, 2.75) is 13.3 Å². The Morgan fingerprint density at radius 1 is 1.38 bits per heavy atom. The van der Waals surface area contributed by atoms with E-state index in [-0.39, 0.29) is 5.97 Å². The Bertz CT molecular complexity index is 763. The van der Waals surface area contributed by atoms with Gasteiger partial charge in [0.05, 0.1) is 42.6 Å². The lowest BCUT2D eigenvalue weighted by atomic mass is 10.1. The SMILES string of the molecule is CCOC(=O)c1cnc2c(Cl)cccc2c1NCCC[NH+]1CCOCC1. The van der Waals surface area contributed by atoms with Gasteiger partial charge < -0.3 is 19.7 Å². The van der Waals surface area contributed by atoms with Crippen LogP contribution in [0.25, 0.3) is 10.9 Å². The van der Waals surface area contributed by atoms with Gasteiger partial charge in [0.25, 0.3) is 0 Å². The Kier molecular flexibility index (Phi) is 6.66. The van der Waals surface area contributed by atoms with E-state index in [9.17, 15) is 4.79 Å². The Labute approximate surface area is 158 Å². The predicted octanol–water partition coefficient (Wildman–Crippen LogP) is 1.78. The number of halogens is 1. The zero-order chi connectivity index (χ0) is 18.4. The topological polar surface area (TPSA) is 64.9 Å². The summed E-state index contributed by atoms with van der Waals surface area (Å²) in [6.45, 7) is 7.75. The number of nitrogens with zero attached hydrogens (tertiary/aromatic N) is 1. The van der Waals surface area contributed by atoms with E-state index in [0.717, 1.165) is 56.9 Å². The van der Waals surface area contributed by atoms with Crippen LogP contribution in [0.4, 0.5) is 5.69 Å². The van der Waals surface area contributed by atoms with Crippen molar-refractivity contribution < 1.29 is 19.2 Å². The number of quaternary nitrogens is 1. The zero-order valence-electron chi connectivity index (χ0n) is 15.0. The van der Waals surface area contributed by atoms with Crippen molar-refractivity contribution >= 4 is 34.2 Å². The second kappa shape index (κ2) is 9.16. The van der Waals surface area contributed by atoms with Gasteiger partial charge >= 0.3 is 5.97 Å². The molecule has 0 radical (unpaired) electrons. The van der Waals surface area contributed by atoms with Crippen LogP contribution in [-0.4, -0.2) is 57.0 Å². The molecule has 1 aliphatic rings. The Hall–Kier alpha value is -1.89. The van der Waals surface area contributed by atoms with Crippen LogP contribution in [0.3, 0.4) is 0 Å². The van der Waals surface area contributed by atoms with E-state index < -0.39 is 0 Å². The van der Waals surface area contributed by atoms with Gasteiger partial charge in [-0.25, -0.2) is 4.79 Å². The fourth-order valence-electron chi connectivity index (χ4n) is 3.20. The number of rotatable bonds is 7. The van der Waals surface area contributed by atoms with Crippen molar-refractivity contribution in [2.75, 3.05) is 51.3 Å². The Morgan fingerprint density at radius 2 is 2.19 bits per heavy atom. The van der Waals surface area contributed by atoms with Gasteiger partial charge in [0, 0.05) is 24.5 Å². The van der Waals surface area contributed by atoms with Crippen molar-refractivity contribution in [3.05, 3.63) is 35.0 Å². The van der Waals surface area contributed by atoms with Gasteiger partial charge in [-0.1, -0.05) is 23.7 Å². The monoisotopic (exact) mass is 378 g/mol. The number of morpholine rings is 1. The third kappa shape index (κ3) is 4.44. The van der Waals surface area contributed by atoms with Crippen molar-refractivity contribution in [1.82, 2.24) is 4.98 Å². The van der Waals surface area contributed by atoms with Gasteiger partial charge in [-0.3, -0.25) is 4.98 Å². The van der Waals surface area contributed by atoms with Gasteiger partial charge in [0.15, 0.2) is 0 Å². The Morgan fingerprint density at radius 3 is 2.96 bits per heavy atom. The molecule has 26 heavy (non-hydrogen) atoms. The van der Waals surface area contributed by atoms with Gasteiger partial charge in [-0.2, -0.15) is 0 Å². The maximum absolute atomic E-state index is 12.3. The first-order chi connectivity index (χ1) is 12.7. The summed E-state index contributed by atoms with van der Waals surface area (Å²) in [5.74, 6) is -0.372. The average Bonchev–Trinajstić information content (AvgIpc) is 2.66. The Balaban J connectivity index is 1.76. The van der Waals surface area contributed by atoms with E-state index in [4.69, 9.17) is 21.1 Å². The minimum absolute atomic E-state index is 0.326. The number of aromatic nitrogens is 1. The molecule has 0 bridgehead atoms. The number of nitrogens with one attached hydrogen (secondary N) is 2. The van der Waals surface area contributed by atoms with E-state index in [2.05, 4.69) is 10.3 Å². The molecular formula is C19H25ClN3O3+. The maximum Gasteiger partial charge on any atom is 0.341 e. The molecule has 1 fully saturated rings. The minimum atomic E-state index is -0.372. The van der Waals surface area contributed by atoms with E-state index in [1.807, 2.05) is 12.1 Å².